The van der Waals surface area contributed by atoms with Crippen molar-refractivity contribution in [3.63, 3.8) is 0 Å². The van der Waals surface area contributed by atoms with Gasteiger partial charge < -0.3 is 5.32 Å². The van der Waals surface area contributed by atoms with Gasteiger partial charge >= 0.3 is 0 Å². The lowest BCUT2D eigenvalue weighted by Gasteiger charge is -2.12. The van der Waals surface area contributed by atoms with Crippen molar-refractivity contribution in [1.82, 2.24) is 20.2 Å². The number of hydrogen-bond acceptors (Lipinski definition) is 4. The zero-order chi connectivity index (χ0) is 9.97. The molecule has 5 heteroatoms. The van der Waals surface area contributed by atoms with E-state index in [1.54, 1.807) is 13.4 Å². The van der Waals surface area contributed by atoms with Crippen molar-refractivity contribution in [2.24, 2.45) is 0 Å². The van der Waals surface area contributed by atoms with E-state index in [4.69, 9.17) is 0 Å². The van der Waals surface area contributed by atoms with E-state index in [9.17, 15) is 4.79 Å². The highest BCUT2D eigenvalue weighted by Gasteiger charge is 2.21. The number of carbonyl (C=O) groups is 1. The van der Waals surface area contributed by atoms with Crippen LogP contribution in [0.3, 0.4) is 0 Å². The number of fused-ring (bicyclic) bond motifs is 1. The predicted octanol–water partition coefficient (Wildman–Crippen LogP) is -0.462. The van der Waals surface area contributed by atoms with Gasteiger partial charge in [-0.05, 0) is 0 Å². The summed E-state index contributed by atoms with van der Waals surface area (Å²) in [5, 5.41) is 2.60. The first kappa shape index (κ1) is 9.08. The molecule has 1 aliphatic rings. The van der Waals surface area contributed by atoms with Gasteiger partial charge in [-0.25, -0.2) is 9.97 Å². The lowest BCUT2D eigenvalue weighted by atomic mass is 10.3. The quantitative estimate of drug-likeness (QED) is 0.688. The molecule has 1 amide bonds. The number of likely N-dealkylation sites (N-methyl/N-ethyl adjacent to an activating group) is 1. The van der Waals surface area contributed by atoms with Gasteiger partial charge in [0, 0.05) is 31.9 Å². The van der Waals surface area contributed by atoms with Crippen molar-refractivity contribution >= 4 is 5.91 Å². The minimum absolute atomic E-state index is 0.0331. The number of nitrogens with one attached hydrogen (secondary N) is 1. The summed E-state index contributed by atoms with van der Waals surface area (Å²) in [6, 6.07) is 0. The Kier molecular flexibility index (Phi) is 2.41. The number of aromatic nitrogens is 2. The molecule has 2 heterocycles. The summed E-state index contributed by atoms with van der Waals surface area (Å²) in [7, 11) is 1.64. The number of nitrogens with zero attached hydrogens (tertiary/aromatic N) is 3. The van der Waals surface area contributed by atoms with E-state index >= 15 is 0 Å². The van der Waals surface area contributed by atoms with Crippen LogP contribution in [0.1, 0.15) is 11.3 Å². The van der Waals surface area contributed by atoms with E-state index in [2.05, 4.69) is 15.3 Å². The first-order chi connectivity index (χ1) is 6.79. The van der Waals surface area contributed by atoms with Crippen LogP contribution in [0, 0.1) is 0 Å². The molecular weight excluding hydrogens is 180 g/mol. The van der Waals surface area contributed by atoms with Crippen LogP contribution in [0.25, 0.3) is 0 Å². The third kappa shape index (κ3) is 1.72. The monoisotopic (exact) mass is 192 g/mol. The van der Waals surface area contributed by atoms with Crippen molar-refractivity contribution in [3.8, 4) is 0 Å². The van der Waals surface area contributed by atoms with Crippen LogP contribution in [-0.2, 0) is 17.9 Å². The Morgan fingerprint density at radius 2 is 2.50 bits per heavy atom. The molecule has 0 spiro atoms. The van der Waals surface area contributed by atoms with E-state index in [0.29, 0.717) is 6.54 Å². The second-order valence-electron chi connectivity index (χ2n) is 3.31. The Labute approximate surface area is 82.2 Å². The molecule has 1 aliphatic heterocycles. The standard InChI is InChI=1S/C9H12N4O/c1-10-9(14)5-13-3-7-2-11-6-12-8(7)4-13/h2,6H,3-5H2,1H3,(H,10,14). The minimum Gasteiger partial charge on any atom is -0.358 e. The van der Waals surface area contributed by atoms with E-state index in [0.717, 1.165) is 24.3 Å². The Bertz CT molecular complexity index is 327. The van der Waals surface area contributed by atoms with Gasteiger partial charge in [0.2, 0.25) is 5.91 Å². The maximum Gasteiger partial charge on any atom is 0.233 e. The van der Waals surface area contributed by atoms with Crippen molar-refractivity contribution in [2.45, 2.75) is 13.1 Å². The predicted molar refractivity (Wildman–Crippen MR) is 50.2 cm³/mol. The first-order valence-electron chi connectivity index (χ1n) is 4.50. The van der Waals surface area contributed by atoms with Gasteiger partial charge in [0.15, 0.2) is 0 Å². The Hall–Kier alpha value is -1.49. The zero-order valence-electron chi connectivity index (χ0n) is 8.03. The zero-order valence-corrected chi connectivity index (χ0v) is 8.03. The van der Waals surface area contributed by atoms with Crippen molar-refractivity contribution < 1.29 is 4.79 Å². The van der Waals surface area contributed by atoms with Gasteiger partial charge in [-0.3, -0.25) is 9.69 Å². The van der Waals surface area contributed by atoms with Crippen molar-refractivity contribution in [1.29, 1.82) is 0 Å². The van der Waals surface area contributed by atoms with E-state index in [-0.39, 0.29) is 5.91 Å². The smallest absolute Gasteiger partial charge is 0.233 e. The molecule has 0 radical (unpaired) electrons. The lowest BCUT2D eigenvalue weighted by Crippen LogP contribution is -2.32. The molecule has 0 bridgehead atoms. The van der Waals surface area contributed by atoms with Crippen molar-refractivity contribution in [2.75, 3.05) is 13.6 Å². The summed E-state index contributed by atoms with van der Waals surface area (Å²) in [6.07, 6.45) is 3.36. The third-order valence-electron chi connectivity index (χ3n) is 2.29. The van der Waals surface area contributed by atoms with Gasteiger partial charge in [0.25, 0.3) is 0 Å². The summed E-state index contributed by atoms with van der Waals surface area (Å²) in [6.45, 7) is 1.93. The highest BCUT2D eigenvalue weighted by Crippen LogP contribution is 2.18. The molecule has 74 valence electrons. The van der Waals surface area contributed by atoms with Gasteiger partial charge in [-0.2, -0.15) is 0 Å². The molecule has 0 atom stereocenters. The molecule has 2 rings (SSSR count). The number of carbonyl (C=O) groups excluding carboxylic acids is 1. The highest BCUT2D eigenvalue weighted by atomic mass is 16.1. The lowest BCUT2D eigenvalue weighted by molar-refractivity contribution is -0.121. The topological polar surface area (TPSA) is 58.1 Å². The van der Waals surface area contributed by atoms with Crippen LogP contribution in [-0.4, -0.2) is 34.4 Å². The Morgan fingerprint density at radius 1 is 1.64 bits per heavy atom. The van der Waals surface area contributed by atoms with Crippen LogP contribution in [0.4, 0.5) is 0 Å². The molecule has 5 nitrogen and oxygen atoms in total. The molecule has 0 saturated carbocycles. The molecule has 0 aliphatic carbocycles. The van der Waals surface area contributed by atoms with Gasteiger partial charge in [0.05, 0.1) is 12.2 Å². The second-order valence-corrected chi connectivity index (χ2v) is 3.31. The Balaban J connectivity index is 2.01. The summed E-state index contributed by atoms with van der Waals surface area (Å²) < 4.78 is 0. The van der Waals surface area contributed by atoms with E-state index in [1.807, 2.05) is 11.1 Å². The first-order valence-corrected chi connectivity index (χ1v) is 4.50. The fraction of sp³-hybridized carbons (Fsp3) is 0.444. The normalized spacial score (nSPS) is 15.2. The minimum atomic E-state index is 0.0331. The maximum absolute atomic E-state index is 11.1. The van der Waals surface area contributed by atoms with Crippen molar-refractivity contribution in [3.05, 3.63) is 23.8 Å². The fourth-order valence-electron chi connectivity index (χ4n) is 1.56. The molecule has 0 saturated heterocycles. The fourth-order valence-corrected chi connectivity index (χ4v) is 1.56. The van der Waals surface area contributed by atoms with Crippen LogP contribution in [0.5, 0.6) is 0 Å². The van der Waals surface area contributed by atoms with E-state index < -0.39 is 0 Å². The molecule has 0 aromatic carbocycles. The van der Waals surface area contributed by atoms with Crippen LogP contribution in [0.2, 0.25) is 0 Å². The number of rotatable bonds is 2. The summed E-state index contributed by atoms with van der Waals surface area (Å²) >= 11 is 0. The third-order valence-corrected chi connectivity index (χ3v) is 2.29. The summed E-state index contributed by atoms with van der Waals surface area (Å²) in [5.74, 6) is 0.0331. The van der Waals surface area contributed by atoms with Crippen LogP contribution in [0.15, 0.2) is 12.5 Å². The molecule has 0 fully saturated rings. The SMILES string of the molecule is CNC(=O)CN1Cc2cncnc2C1. The highest BCUT2D eigenvalue weighted by molar-refractivity contribution is 5.77. The average molecular weight is 192 g/mol. The number of amides is 1. The van der Waals surface area contributed by atoms with Crippen LogP contribution < -0.4 is 5.32 Å². The Morgan fingerprint density at radius 3 is 3.21 bits per heavy atom. The molecule has 1 aromatic heterocycles. The summed E-state index contributed by atoms with van der Waals surface area (Å²) in [5.41, 5.74) is 2.15. The second kappa shape index (κ2) is 3.71. The van der Waals surface area contributed by atoms with Gasteiger partial charge in [0.1, 0.15) is 6.33 Å². The van der Waals surface area contributed by atoms with E-state index in [1.165, 1.54) is 0 Å². The molecule has 0 unspecified atom stereocenters. The summed E-state index contributed by atoms with van der Waals surface area (Å²) in [4.78, 5) is 21.3. The average Bonchev–Trinajstić information content (AvgIpc) is 2.59. The van der Waals surface area contributed by atoms with Gasteiger partial charge in [-0.15, -0.1) is 0 Å². The molecule has 1 aromatic rings. The molecule has 1 N–H and O–H groups in total. The van der Waals surface area contributed by atoms with Gasteiger partial charge in [-0.1, -0.05) is 0 Å². The largest absolute Gasteiger partial charge is 0.358 e. The molecular formula is C9H12N4O. The maximum atomic E-state index is 11.1. The van der Waals surface area contributed by atoms with Crippen LogP contribution >= 0.6 is 0 Å². The number of hydrogen-bond donors (Lipinski definition) is 1. The molecule has 14 heavy (non-hydrogen) atoms.